The number of rotatable bonds is 3. The van der Waals surface area contributed by atoms with Gasteiger partial charge in [-0.15, -0.1) is 11.8 Å². The highest BCUT2D eigenvalue weighted by Crippen LogP contribution is 2.36. The van der Waals surface area contributed by atoms with E-state index in [9.17, 15) is 4.79 Å². The summed E-state index contributed by atoms with van der Waals surface area (Å²) in [5, 5.41) is 0. The summed E-state index contributed by atoms with van der Waals surface area (Å²) < 4.78 is 0. The molecule has 0 aliphatic carbocycles. The molecular formula is C17H22N2OS. The normalized spacial score (nSPS) is 13.6. The van der Waals surface area contributed by atoms with Gasteiger partial charge in [-0.3, -0.25) is 4.79 Å². The van der Waals surface area contributed by atoms with Crippen LogP contribution in [0.1, 0.15) is 13.8 Å². The second kappa shape index (κ2) is 8.37. The first-order chi connectivity index (χ1) is 10.2. The van der Waals surface area contributed by atoms with Gasteiger partial charge >= 0.3 is 0 Å². The minimum absolute atomic E-state index is 0.0675. The Labute approximate surface area is 131 Å². The summed E-state index contributed by atoms with van der Waals surface area (Å²) in [5.74, 6) is 0.809. The van der Waals surface area contributed by atoms with Crippen LogP contribution in [-0.2, 0) is 4.79 Å². The largest absolute Gasteiger partial charge is 0.399 e. The monoisotopic (exact) mass is 302 g/mol. The van der Waals surface area contributed by atoms with Crippen LogP contribution in [0.5, 0.6) is 0 Å². The molecule has 0 saturated carbocycles. The number of benzene rings is 1. The van der Waals surface area contributed by atoms with Gasteiger partial charge < -0.3 is 10.6 Å². The Kier molecular flexibility index (Phi) is 6.82. The quantitative estimate of drug-likeness (QED) is 0.521. The minimum atomic E-state index is -0.0675. The Morgan fingerprint density at radius 2 is 2.10 bits per heavy atom. The first-order valence-corrected chi connectivity index (χ1v) is 7.95. The zero-order valence-electron chi connectivity index (χ0n) is 12.6. The van der Waals surface area contributed by atoms with Crippen molar-refractivity contribution < 1.29 is 4.79 Å². The number of nitrogens with zero attached hydrogens (tertiary/aromatic N) is 1. The van der Waals surface area contributed by atoms with Crippen molar-refractivity contribution in [2.45, 2.75) is 18.7 Å². The molecule has 2 rings (SSSR count). The standard InChI is InChI=1S/C15H16N2OS.C2H6/c1-3-5-11(4-2)15(18)17-8-9-19-14-7-6-12(16)10-13(14)17;1-2/h3-7,10H,1-2,8-9,16H2;1-2H3/b11-5+;. The summed E-state index contributed by atoms with van der Waals surface area (Å²) in [5.41, 5.74) is 7.88. The molecule has 1 aliphatic heterocycles. The molecule has 0 saturated heterocycles. The highest BCUT2D eigenvalue weighted by Gasteiger charge is 2.24. The second-order valence-electron chi connectivity index (χ2n) is 4.09. The molecular weight excluding hydrogens is 280 g/mol. The number of nitrogen functional groups attached to an aromatic ring is 1. The lowest BCUT2D eigenvalue weighted by atomic mass is 10.1. The van der Waals surface area contributed by atoms with E-state index in [2.05, 4.69) is 13.2 Å². The number of nitrogens with two attached hydrogens (primary N) is 1. The number of hydrogen-bond donors (Lipinski definition) is 1. The number of hydrogen-bond acceptors (Lipinski definition) is 3. The molecule has 0 bridgehead atoms. The molecule has 1 aromatic carbocycles. The lowest BCUT2D eigenvalue weighted by Crippen LogP contribution is -2.36. The third-order valence-corrected chi connectivity index (χ3v) is 3.90. The van der Waals surface area contributed by atoms with Gasteiger partial charge in [-0.05, 0) is 18.2 Å². The fourth-order valence-corrected chi connectivity index (χ4v) is 2.93. The van der Waals surface area contributed by atoms with Crippen molar-refractivity contribution in [2.75, 3.05) is 22.9 Å². The number of carbonyl (C=O) groups is 1. The van der Waals surface area contributed by atoms with Crippen LogP contribution in [0.15, 0.2) is 60.1 Å². The predicted molar refractivity (Wildman–Crippen MR) is 93.8 cm³/mol. The van der Waals surface area contributed by atoms with Crippen molar-refractivity contribution in [1.29, 1.82) is 0 Å². The van der Waals surface area contributed by atoms with E-state index in [4.69, 9.17) is 5.73 Å². The average molecular weight is 302 g/mol. The number of amides is 1. The van der Waals surface area contributed by atoms with E-state index in [-0.39, 0.29) is 5.91 Å². The molecule has 0 aromatic heterocycles. The molecule has 112 valence electrons. The molecule has 0 atom stereocenters. The lowest BCUT2D eigenvalue weighted by molar-refractivity contribution is -0.114. The number of thioether (sulfide) groups is 1. The summed E-state index contributed by atoms with van der Waals surface area (Å²) in [7, 11) is 0. The second-order valence-corrected chi connectivity index (χ2v) is 5.23. The first kappa shape index (κ1) is 17.1. The highest BCUT2D eigenvalue weighted by atomic mass is 32.2. The zero-order chi connectivity index (χ0) is 15.8. The molecule has 0 unspecified atom stereocenters. The Morgan fingerprint density at radius 3 is 2.71 bits per heavy atom. The van der Waals surface area contributed by atoms with Gasteiger partial charge in [-0.2, -0.15) is 0 Å². The van der Waals surface area contributed by atoms with Crippen LogP contribution in [0.3, 0.4) is 0 Å². The van der Waals surface area contributed by atoms with Crippen molar-refractivity contribution in [1.82, 2.24) is 0 Å². The van der Waals surface area contributed by atoms with Gasteiger partial charge in [-0.1, -0.05) is 45.2 Å². The van der Waals surface area contributed by atoms with E-state index in [1.54, 1.807) is 34.9 Å². The maximum Gasteiger partial charge on any atom is 0.258 e. The van der Waals surface area contributed by atoms with Crippen LogP contribution in [0.4, 0.5) is 11.4 Å². The molecule has 3 nitrogen and oxygen atoms in total. The van der Waals surface area contributed by atoms with Crippen LogP contribution in [0, 0.1) is 0 Å². The van der Waals surface area contributed by atoms with E-state index in [0.29, 0.717) is 17.8 Å². The van der Waals surface area contributed by atoms with Gasteiger partial charge in [-0.25, -0.2) is 0 Å². The molecule has 0 radical (unpaired) electrons. The van der Waals surface area contributed by atoms with E-state index < -0.39 is 0 Å². The SMILES string of the molecule is C=C/C=C(\C=C)C(=O)N1CCSc2ccc(N)cc21.CC. The van der Waals surface area contributed by atoms with Gasteiger partial charge in [0.2, 0.25) is 0 Å². The highest BCUT2D eigenvalue weighted by molar-refractivity contribution is 7.99. The maximum absolute atomic E-state index is 12.5. The van der Waals surface area contributed by atoms with Crippen LogP contribution in [-0.4, -0.2) is 18.2 Å². The number of fused-ring (bicyclic) bond motifs is 1. The zero-order valence-corrected chi connectivity index (χ0v) is 13.5. The smallest absolute Gasteiger partial charge is 0.258 e. The maximum atomic E-state index is 12.5. The molecule has 2 N–H and O–H groups in total. The van der Waals surface area contributed by atoms with E-state index in [0.717, 1.165) is 16.3 Å². The molecule has 0 spiro atoms. The van der Waals surface area contributed by atoms with Gasteiger partial charge in [0.1, 0.15) is 0 Å². The van der Waals surface area contributed by atoms with Crippen molar-refractivity contribution in [2.24, 2.45) is 0 Å². The van der Waals surface area contributed by atoms with Crippen molar-refractivity contribution in [3.8, 4) is 0 Å². The molecule has 4 heteroatoms. The third-order valence-electron chi connectivity index (χ3n) is 2.86. The fraction of sp³-hybridized carbons (Fsp3) is 0.235. The van der Waals surface area contributed by atoms with Crippen LogP contribution in [0.25, 0.3) is 0 Å². The Hall–Kier alpha value is -1.94. The van der Waals surface area contributed by atoms with Gasteiger partial charge in [0, 0.05) is 28.5 Å². The van der Waals surface area contributed by atoms with E-state index in [1.165, 1.54) is 0 Å². The van der Waals surface area contributed by atoms with Gasteiger partial charge in [0.15, 0.2) is 0 Å². The van der Waals surface area contributed by atoms with Crippen molar-refractivity contribution in [3.05, 3.63) is 55.2 Å². The Balaban J connectivity index is 0.00000106. The van der Waals surface area contributed by atoms with Gasteiger partial charge in [0.05, 0.1) is 5.69 Å². The summed E-state index contributed by atoms with van der Waals surface area (Å²) in [6.07, 6.45) is 4.81. The van der Waals surface area contributed by atoms with E-state index >= 15 is 0 Å². The Morgan fingerprint density at radius 1 is 1.38 bits per heavy atom. The topological polar surface area (TPSA) is 46.3 Å². The van der Waals surface area contributed by atoms with Crippen molar-refractivity contribution in [3.63, 3.8) is 0 Å². The number of allylic oxidation sites excluding steroid dienone is 2. The summed E-state index contributed by atoms with van der Waals surface area (Å²) >= 11 is 1.74. The Bertz CT molecular complexity index is 564. The summed E-state index contributed by atoms with van der Waals surface area (Å²) in [6, 6.07) is 5.65. The fourth-order valence-electron chi connectivity index (χ4n) is 1.96. The van der Waals surface area contributed by atoms with Gasteiger partial charge in [0.25, 0.3) is 5.91 Å². The minimum Gasteiger partial charge on any atom is -0.399 e. The van der Waals surface area contributed by atoms with Crippen LogP contribution >= 0.6 is 11.8 Å². The molecule has 1 aromatic rings. The third kappa shape index (κ3) is 4.02. The summed E-state index contributed by atoms with van der Waals surface area (Å²) in [6.45, 7) is 12.0. The van der Waals surface area contributed by atoms with Crippen molar-refractivity contribution >= 4 is 29.0 Å². The first-order valence-electron chi connectivity index (χ1n) is 6.96. The van der Waals surface area contributed by atoms with E-state index in [1.807, 2.05) is 32.0 Å². The predicted octanol–water partition coefficient (Wildman–Crippen LogP) is 4.03. The molecule has 1 aliphatic rings. The molecule has 0 fully saturated rings. The number of anilines is 2. The average Bonchev–Trinajstić information content (AvgIpc) is 2.53. The molecule has 21 heavy (non-hydrogen) atoms. The summed E-state index contributed by atoms with van der Waals surface area (Å²) in [4.78, 5) is 15.3. The molecule has 1 heterocycles. The van der Waals surface area contributed by atoms with Crippen LogP contribution < -0.4 is 10.6 Å². The number of carbonyl (C=O) groups excluding carboxylic acids is 1. The van der Waals surface area contributed by atoms with Crippen LogP contribution in [0.2, 0.25) is 0 Å². The lowest BCUT2D eigenvalue weighted by Gasteiger charge is -2.29. The molecule has 1 amide bonds.